The molecule has 8 nitrogen and oxygen atoms in total. The van der Waals surface area contributed by atoms with Gasteiger partial charge < -0.3 is 15.6 Å². The fourth-order valence-corrected chi connectivity index (χ4v) is 1.82. The van der Waals surface area contributed by atoms with Crippen LogP contribution in [0, 0.1) is 16.7 Å². The molecule has 0 amide bonds. The van der Waals surface area contributed by atoms with Crippen LogP contribution in [-0.4, -0.2) is 29.0 Å². The molecule has 0 radical (unpaired) electrons. The van der Waals surface area contributed by atoms with E-state index < -0.39 is 35.3 Å². The van der Waals surface area contributed by atoms with E-state index in [2.05, 4.69) is 25.8 Å². The minimum atomic E-state index is -5.05. The molecule has 0 fully saturated rings. The number of ether oxygens (including phenoxy) is 1. The van der Waals surface area contributed by atoms with Crippen molar-refractivity contribution in [3.63, 3.8) is 0 Å². The third-order valence-electron chi connectivity index (χ3n) is 2.16. The second-order valence-corrected chi connectivity index (χ2v) is 4.64. The van der Waals surface area contributed by atoms with E-state index >= 15 is 0 Å². The first kappa shape index (κ1) is 18.2. The van der Waals surface area contributed by atoms with Gasteiger partial charge in [0, 0.05) is 0 Å². The average molecular weight is 394 g/mol. The average Bonchev–Trinajstić information content (AvgIpc) is 2.40. The molecule has 1 rings (SSSR count). The number of benzene rings is 1. The van der Waals surface area contributed by atoms with Crippen molar-refractivity contribution in [2.45, 2.75) is 6.36 Å². The second-order valence-electron chi connectivity index (χ2n) is 3.79. The Labute approximate surface area is 135 Å². The van der Waals surface area contributed by atoms with Crippen LogP contribution in [0.4, 0.5) is 18.9 Å². The molecule has 0 saturated carbocycles. The van der Waals surface area contributed by atoms with Gasteiger partial charge >= 0.3 is 12.3 Å². The molecule has 0 aliphatic heterocycles. The highest BCUT2D eigenvalue weighted by atomic mass is 79.9. The van der Waals surface area contributed by atoms with Crippen molar-refractivity contribution in [2.75, 3.05) is 5.43 Å². The maximum atomic E-state index is 12.4. The summed E-state index contributed by atoms with van der Waals surface area (Å²) in [7, 11) is 0. The van der Waals surface area contributed by atoms with E-state index in [0.717, 1.165) is 12.1 Å². The van der Waals surface area contributed by atoms with Gasteiger partial charge in [0.2, 0.25) is 5.71 Å². The molecule has 0 saturated heterocycles. The summed E-state index contributed by atoms with van der Waals surface area (Å²) in [5.74, 6) is -2.94. The van der Waals surface area contributed by atoms with Crippen LogP contribution in [0.3, 0.4) is 0 Å². The van der Waals surface area contributed by atoms with Gasteiger partial charge in [0.15, 0.2) is 11.6 Å². The van der Waals surface area contributed by atoms with Crippen molar-refractivity contribution in [1.29, 1.82) is 10.7 Å². The predicted molar refractivity (Wildman–Crippen MR) is 76.4 cm³/mol. The first-order valence-electron chi connectivity index (χ1n) is 5.46. The minimum Gasteiger partial charge on any atom is -0.478 e. The molecule has 12 heteroatoms. The summed E-state index contributed by atoms with van der Waals surface area (Å²) >= 11 is 2.76. The number of rotatable bonds is 5. The first-order valence-corrected chi connectivity index (χ1v) is 6.25. The quantitative estimate of drug-likeness (QED) is 0.343. The van der Waals surface area contributed by atoms with Gasteiger partial charge in [0.05, 0.1) is 10.0 Å². The van der Waals surface area contributed by atoms with E-state index in [9.17, 15) is 18.0 Å². The lowest BCUT2D eigenvalue weighted by Gasteiger charge is -2.15. The fourth-order valence-electron chi connectivity index (χ4n) is 1.28. The van der Waals surface area contributed by atoms with Gasteiger partial charge in [-0.1, -0.05) is 0 Å². The number of nitrogens with one attached hydrogen (secondary N) is 2. The predicted octanol–water partition coefficient (Wildman–Crippen LogP) is 2.27. The molecule has 122 valence electrons. The zero-order valence-electron chi connectivity index (χ0n) is 10.9. The van der Waals surface area contributed by atoms with Crippen molar-refractivity contribution in [3.05, 3.63) is 22.2 Å². The summed E-state index contributed by atoms with van der Waals surface area (Å²) in [6.45, 7) is 0. The van der Waals surface area contributed by atoms with E-state index in [0.29, 0.717) is 0 Å². The van der Waals surface area contributed by atoms with Crippen LogP contribution < -0.4 is 15.9 Å². The summed E-state index contributed by atoms with van der Waals surface area (Å²) in [4.78, 5) is 11.0. The first-order chi connectivity index (χ1) is 10.5. The summed E-state index contributed by atoms with van der Waals surface area (Å²) < 4.78 is 40.7. The number of hydrogen-bond acceptors (Lipinski definition) is 6. The highest BCUT2D eigenvalue weighted by Crippen LogP contribution is 2.38. The number of anilines is 1. The van der Waals surface area contributed by atoms with Crippen LogP contribution in [0.1, 0.15) is 10.4 Å². The molecule has 0 aromatic heterocycles. The Balaban J connectivity index is 3.38. The number of nitrogens with zero attached hydrogens (tertiary/aromatic N) is 2. The Morgan fingerprint density at radius 1 is 1.52 bits per heavy atom. The minimum absolute atomic E-state index is 0.311. The number of nitrogens with two attached hydrogens (primary N) is 1. The highest BCUT2D eigenvalue weighted by Gasteiger charge is 2.33. The van der Waals surface area contributed by atoms with Crippen LogP contribution >= 0.6 is 15.9 Å². The largest absolute Gasteiger partial charge is 0.573 e. The Kier molecular flexibility index (Phi) is 5.52. The molecular weight excluding hydrogens is 387 g/mol. The molecule has 0 aliphatic carbocycles. The van der Waals surface area contributed by atoms with Crippen LogP contribution in [0.2, 0.25) is 0 Å². The normalized spacial score (nSPS) is 11.5. The molecular formula is C11H7BrF3N5O3. The number of hydrazone groups is 1. The third kappa shape index (κ3) is 5.15. The number of aromatic carboxylic acids is 1. The smallest absolute Gasteiger partial charge is 0.478 e. The summed E-state index contributed by atoms with van der Waals surface area (Å²) in [6.07, 6.45) is -5.05. The Hall–Kier alpha value is -2.81. The van der Waals surface area contributed by atoms with E-state index in [4.69, 9.17) is 21.5 Å². The molecule has 1 aromatic carbocycles. The topological polar surface area (TPSA) is 145 Å². The number of nitriles is 1. The number of carbonyl (C=O) groups is 1. The van der Waals surface area contributed by atoms with Gasteiger partial charge in [0.1, 0.15) is 11.8 Å². The number of alkyl halides is 3. The standard InChI is InChI=1S/C11H7BrF3N5O3/c12-5-1-4(10(21)22)2-6(8(5)23-11(13,14)15)19-20-7(3-16)9(17)18/h1-2,19H,(H3,17,18)(H,21,22)/b20-7+. The lowest BCUT2D eigenvalue weighted by atomic mass is 10.2. The van der Waals surface area contributed by atoms with Crippen LogP contribution in [-0.2, 0) is 0 Å². The number of halogens is 4. The fraction of sp³-hybridized carbons (Fsp3) is 0.0909. The van der Waals surface area contributed by atoms with E-state index in [1.807, 2.05) is 5.43 Å². The monoisotopic (exact) mass is 393 g/mol. The number of carboxylic acid groups (broad SMARTS) is 1. The van der Waals surface area contributed by atoms with Crippen molar-refractivity contribution < 1.29 is 27.8 Å². The summed E-state index contributed by atoms with van der Waals surface area (Å²) in [5, 5.41) is 28.0. The van der Waals surface area contributed by atoms with Crippen molar-refractivity contribution in [1.82, 2.24) is 0 Å². The zero-order valence-corrected chi connectivity index (χ0v) is 12.5. The molecule has 0 spiro atoms. The van der Waals surface area contributed by atoms with Gasteiger partial charge in [-0.25, -0.2) is 4.79 Å². The molecule has 23 heavy (non-hydrogen) atoms. The van der Waals surface area contributed by atoms with Gasteiger partial charge in [0.25, 0.3) is 0 Å². The van der Waals surface area contributed by atoms with Gasteiger partial charge in [-0.2, -0.15) is 10.4 Å². The molecule has 1 aromatic rings. The van der Waals surface area contributed by atoms with E-state index in [1.165, 1.54) is 6.07 Å². The molecule has 5 N–H and O–H groups in total. The number of carboxylic acids is 1. The van der Waals surface area contributed by atoms with Crippen molar-refractivity contribution >= 4 is 39.1 Å². The van der Waals surface area contributed by atoms with Crippen LogP contribution in [0.5, 0.6) is 5.75 Å². The lowest BCUT2D eigenvalue weighted by Crippen LogP contribution is -2.22. The van der Waals surface area contributed by atoms with E-state index in [-0.39, 0.29) is 10.0 Å². The SMILES string of the molecule is N#C/C(=N\Nc1cc(C(=O)O)cc(Br)c1OC(F)(F)F)C(=N)N. The maximum absolute atomic E-state index is 12.4. The van der Waals surface area contributed by atoms with Gasteiger partial charge in [-0.15, -0.1) is 13.2 Å². The summed E-state index contributed by atoms with van der Waals surface area (Å²) in [6, 6.07) is 3.15. The number of hydrogen-bond donors (Lipinski definition) is 4. The Morgan fingerprint density at radius 3 is 2.57 bits per heavy atom. The van der Waals surface area contributed by atoms with E-state index in [1.54, 1.807) is 0 Å². The second kappa shape index (κ2) is 6.97. The molecule has 0 bridgehead atoms. The molecule has 0 atom stereocenters. The lowest BCUT2D eigenvalue weighted by molar-refractivity contribution is -0.274. The zero-order chi connectivity index (χ0) is 17.8. The molecule has 0 aliphatic rings. The Morgan fingerprint density at radius 2 is 2.13 bits per heavy atom. The Bertz CT molecular complexity index is 727. The van der Waals surface area contributed by atoms with Crippen LogP contribution in [0.25, 0.3) is 0 Å². The third-order valence-corrected chi connectivity index (χ3v) is 2.75. The van der Waals surface area contributed by atoms with Crippen molar-refractivity contribution in [3.8, 4) is 11.8 Å². The van der Waals surface area contributed by atoms with Crippen LogP contribution in [0.15, 0.2) is 21.7 Å². The number of amidine groups is 1. The maximum Gasteiger partial charge on any atom is 0.573 e. The van der Waals surface area contributed by atoms with Gasteiger partial charge in [-0.05, 0) is 28.1 Å². The van der Waals surface area contributed by atoms with Crippen molar-refractivity contribution in [2.24, 2.45) is 10.8 Å². The van der Waals surface area contributed by atoms with Gasteiger partial charge in [-0.3, -0.25) is 10.8 Å². The molecule has 0 unspecified atom stereocenters. The summed E-state index contributed by atoms with van der Waals surface area (Å²) in [5.41, 5.74) is 5.59. The highest BCUT2D eigenvalue weighted by molar-refractivity contribution is 9.10. The molecule has 0 heterocycles.